The molecular formula is C16H25N3O2. The minimum Gasteiger partial charge on any atom is -0.379 e. The van der Waals surface area contributed by atoms with E-state index in [0.29, 0.717) is 6.61 Å². The van der Waals surface area contributed by atoms with Gasteiger partial charge in [0, 0.05) is 18.3 Å². The Hall–Kier alpha value is -1.59. The lowest BCUT2D eigenvalue weighted by Gasteiger charge is -2.19. The highest BCUT2D eigenvalue weighted by Gasteiger charge is 2.18. The Morgan fingerprint density at radius 2 is 2.24 bits per heavy atom. The Balaban J connectivity index is 1.96. The van der Waals surface area contributed by atoms with Crippen LogP contribution in [0.1, 0.15) is 38.3 Å². The summed E-state index contributed by atoms with van der Waals surface area (Å²) in [5.74, 6) is 0. The van der Waals surface area contributed by atoms with Gasteiger partial charge < -0.3 is 20.7 Å². The molecule has 5 heteroatoms. The van der Waals surface area contributed by atoms with Crippen molar-refractivity contribution in [1.82, 2.24) is 10.6 Å². The maximum absolute atomic E-state index is 12.1. The number of hydrogen-bond acceptors (Lipinski definition) is 3. The molecule has 0 aliphatic carbocycles. The van der Waals surface area contributed by atoms with E-state index in [2.05, 4.69) is 29.8 Å². The summed E-state index contributed by atoms with van der Waals surface area (Å²) in [6.07, 6.45) is 1.96. The molecule has 1 heterocycles. The molecule has 0 aromatic heterocycles. The van der Waals surface area contributed by atoms with Crippen LogP contribution in [0.2, 0.25) is 0 Å². The van der Waals surface area contributed by atoms with Crippen LogP contribution in [-0.4, -0.2) is 31.8 Å². The summed E-state index contributed by atoms with van der Waals surface area (Å²) >= 11 is 0. The standard InChI is InChI=1S/C16H25N3O2/c1-3-9-17-12(2)14-6-4-5-7-15(14)19-16(20)18-13-8-10-21-11-13/h4-7,12-13,17H,3,8-11H2,1-2H3,(H2,18,19,20). The van der Waals surface area contributed by atoms with Crippen molar-refractivity contribution in [2.24, 2.45) is 0 Å². The van der Waals surface area contributed by atoms with Gasteiger partial charge in [-0.3, -0.25) is 0 Å². The predicted molar refractivity (Wildman–Crippen MR) is 84.5 cm³/mol. The third-order valence-electron chi connectivity index (χ3n) is 3.64. The zero-order chi connectivity index (χ0) is 15.1. The number of carbonyl (C=O) groups excluding carboxylic acids is 1. The molecule has 5 nitrogen and oxygen atoms in total. The van der Waals surface area contributed by atoms with E-state index in [4.69, 9.17) is 4.74 Å². The zero-order valence-electron chi connectivity index (χ0n) is 12.8. The third-order valence-corrected chi connectivity index (χ3v) is 3.64. The minimum atomic E-state index is -0.166. The normalized spacial score (nSPS) is 19.2. The van der Waals surface area contributed by atoms with Crippen LogP contribution in [0.5, 0.6) is 0 Å². The van der Waals surface area contributed by atoms with E-state index < -0.39 is 0 Å². The zero-order valence-corrected chi connectivity index (χ0v) is 12.8. The number of para-hydroxylation sites is 1. The van der Waals surface area contributed by atoms with E-state index in [1.165, 1.54) is 0 Å². The summed E-state index contributed by atoms with van der Waals surface area (Å²) in [5.41, 5.74) is 1.95. The van der Waals surface area contributed by atoms with Gasteiger partial charge in [0.05, 0.1) is 12.6 Å². The number of ether oxygens (including phenoxy) is 1. The second-order valence-electron chi connectivity index (χ2n) is 5.42. The quantitative estimate of drug-likeness (QED) is 0.755. The van der Waals surface area contributed by atoms with Crippen LogP contribution in [0.4, 0.5) is 10.5 Å². The monoisotopic (exact) mass is 291 g/mol. The van der Waals surface area contributed by atoms with Gasteiger partial charge in [-0.25, -0.2) is 4.79 Å². The molecule has 1 aliphatic rings. The van der Waals surface area contributed by atoms with E-state index in [-0.39, 0.29) is 18.1 Å². The van der Waals surface area contributed by atoms with Gasteiger partial charge in [-0.2, -0.15) is 0 Å². The van der Waals surface area contributed by atoms with Crippen LogP contribution in [0, 0.1) is 0 Å². The molecule has 21 heavy (non-hydrogen) atoms. The first-order chi connectivity index (χ1) is 10.2. The lowest BCUT2D eigenvalue weighted by molar-refractivity contribution is 0.189. The molecule has 2 rings (SSSR count). The Labute approximate surface area is 126 Å². The Bertz CT molecular complexity index is 459. The summed E-state index contributed by atoms with van der Waals surface area (Å²) in [6.45, 7) is 6.53. The highest BCUT2D eigenvalue weighted by atomic mass is 16.5. The van der Waals surface area contributed by atoms with Crippen molar-refractivity contribution in [2.75, 3.05) is 25.1 Å². The summed E-state index contributed by atoms with van der Waals surface area (Å²) in [6, 6.07) is 8.06. The van der Waals surface area contributed by atoms with Crippen molar-refractivity contribution < 1.29 is 9.53 Å². The van der Waals surface area contributed by atoms with Gasteiger partial charge in [-0.1, -0.05) is 25.1 Å². The second kappa shape index (κ2) is 8.00. The summed E-state index contributed by atoms with van der Waals surface area (Å²) < 4.78 is 5.26. The molecule has 1 aromatic carbocycles. The lowest BCUT2D eigenvalue weighted by Crippen LogP contribution is -2.38. The fraction of sp³-hybridized carbons (Fsp3) is 0.562. The summed E-state index contributed by atoms with van der Waals surface area (Å²) in [7, 11) is 0. The highest BCUT2D eigenvalue weighted by Crippen LogP contribution is 2.22. The Morgan fingerprint density at radius 3 is 2.95 bits per heavy atom. The van der Waals surface area contributed by atoms with Crippen molar-refractivity contribution in [3.63, 3.8) is 0 Å². The summed E-state index contributed by atoms with van der Waals surface area (Å²) in [4.78, 5) is 12.1. The first-order valence-corrected chi connectivity index (χ1v) is 7.68. The second-order valence-corrected chi connectivity index (χ2v) is 5.42. The average Bonchev–Trinajstić information content (AvgIpc) is 2.98. The van der Waals surface area contributed by atoms with E-state index in [1.54, 1.807) is 0 Å². The van der Waals surface area contributed by atoms with Gasteiger partial charge >= 0.3 is 6.03 Å². The first kappa shape index (κ1) is 15.8. The molecule has 3 N–H and O–H groups in total. The lowest BCUT2D eigenvalue weighted by atomic mass is 10.1. The van der Waals surface area contributed by atoms with E-state index in [1.807, 2.05) is 24.3 Å². The molecule has 116 valence electrons. The van der Waals surface area contributed by atoms with E-state index >= 15 is 0 Å². The van der Waals surface area contributed by atoms with Crippen molar-refractivity contribution in [1.29, 1.82) is 0 Å². The number of anilines is 1. The molecule has 0 saturated carbocycles. The number of nitrogens with one attached hydrogen (secondary N) is 3. The number of carbonyl (C=O) groups is 1. The molecule has 2 unspecified atom stereocenters. The molecule has 2 atom stereocenters. The number of hydrogen-bond donors (Lipinski definition) is 3. The number of benzene rings is 1. The summed E-state index contributed by atoms with van der Waals surface area (Å²) in [5, 5.41) is 9.33. The predicted octanol–water partition coefficient (Wildman–Crippen LogP) is 2.66. The minimum absolute atomic E-state index is 0.118. The van der Waals surface area contributed by atoms with Gasteiger partial charge in [0.15, 0.2) is 0 Å². The average molecular weight is 291 g/mol. The molecule has 1 aromatic rings. The Kier molecular flexibility index (Phi) is 6.02. The molecular weight excluding hydrogens is 266 g/mol. The smallest absolute Gasteiger partial charge is 0.319 e. The van der Waals surface area contributed by atoms with Crippen LogP contribution < -0.4 is 16.0 Å². The number of urea groups is 1. The molecule has 2 amide bonds. The molecule has 1 aliphatic heterocycles. The van der Waals surface area contributed by atoms with Crippen molar-refractivity contribution in [2.45, 2.75) is 38.8 Å². The molecule has 0 spiro atoms. The third kappa shape index (κ3) is 4.72. The van der Waals surface area contributed by atoms with Crippen LogP contribution in [0.15, 0.2) is 24.3 Å². The highest BCUT2D eigenvalue weighted by molar-refractivity contribution is 5.90. The largest absolute Gasteiger partial charge is 0.379 e. The molecule has 1 fully saturated rings. The van der Waals surface area contributed by atoms with Gasteiger partial charge in [0.1, 0.15) is 0 Å². The fourth-order valence-electron chi connectivity index (χ4n) is 2.45. The molecule has 1 saturated heterocycles. The SMILES string of the molecule is CCCNC(C)c1ccccc1NC(=O)NC1CCOC1. The van der Waals surface area contributed by atoms with E-state index in [0.717, 1.165) is 37.2 Å². The van der Waals surface area contributed by atoms with Crippen LogP contribution in [0.25, 0.3) is 0 Å². The first-order valence-electron chi connectivity index (χ1n) is 7.68. The fourth-order valence-corrected chi connectivity index (χ4v) is 2.45. The molecule has 0 radical (unpaired) electrons. The van der Waals surface area contributed by atoms with Crippen LogP contribution >= 0.6 is 0 Å². The van der Waals surface area contributed by atoms with Crippen molar-refractivity contribution >= 4 is 11.7 Å². The van der Waals surface area contributed by atoms with Gasteiger partial charge in [0.2, 0.25) is 0 Å². The Morgan fingerprint density at radius 1 is 1.43 bits per heavy atom. The maximum atomic E-state index is 12.1. The maximum Gasteiger partial charge on any atom is 0.319 e. The number of amides is 2. The van der Waals surface area contributed by atoms with Gasteiger partial charge in [-0.05, 0) is 37.9 Å². The van der Waals surface area contributed by atoms with E-state index in [9.17, 15) is 4.79 Å². The number of rotatable bonds is 6. The topological polar surface area (TPSA) is 62.4 Å². The van der Waals surface area contributed by atoms with Crippen LogP contribution in [0.3, 0.4) is 0 Å². The van der Waals surface area contributed by atoms with Gasteiger partial charge in [-0.15, -0.1) is 0 Å². The molecule has 0 bridgehead atoms. The van der Waals surface area contributed by atoms with Crippen molar-refractivity contribution in [3.05, 3.63) is 29.8 Å². The van der Waals surface area contributed by atoms with Crippen molar-refractivity contribution in [3.8, 4) is 0 Å². The van der Waals surface area contributed by atoms with Crippen LogP contribution in [-0.2, 0) is 4.74 Å². The van der Waals surface area contributed by atoms with Gasteiger partial charge in [0.25, 0.3) is 0 Å².